The van der Waals surface area contributed by atoms with Gasteiger partial charge in [-0.05, 0) is 47.0 Å². The van der Waals surface area contributed by atoms with E-state index < -0.39 is 0 Å². The van der Waals surface area contributed by atoms with E-state index >= 15 is 0 Å². The summed E-state index contributed by atoms with van der Waals surface area (Å²) in [7, 11) is 0. The first kappa shape index (κ1) is 31.3. The third-order valence-corrected chi connectivity index (χ3v) is 7.36. The van der Waals surface area contributed by atoms with Crippen LogP contribution in [0.2, 0.25) is 0 Å². The third kappa shape index (κ3) is 12.4. The highest BCUT2D eigenvalue weighted by molar-refractivity contribution is 5.69. The van der Waals surface area contributed by atoms with E-state index in [0.717, 1.165) is 25.7 Å². The first-order chi connectivity index (χ1) is 17.6. The van der Waals surface area contributed by atoms with Gasteiger partial charge in [-0.25, -0.2) is 9.97 Å². The Morgan fingerprint density at radius 1 is 0.838 bits per heavy atom. The van der Waals surface area contributed by atoms with Crippen LogP contribution < -0.4 is 16.0 Å². The molecule has 1 saturated heterocycles. The molecular formula is C29H54N6O2. The summed E-state index contributed by atoms with van der Waals surface area (Å²) < 4.78 is 0. The molecule has 0 aromatic carbocycles. The van der Waals surface area contributed by atoms with Crippen LogP contribution in [0, 0.1) is 10.1 Å². The van der Waals surface area contributed by atoms with Crippen LogP contribution in [0.25, 0.3) is 0 Å². The van der Waals surface area contributed by atoms with Gasteiger partial charge in [0.2, 0.25) is 11.6 Å². The molecule has 0 radical (unpaired) electrons. The lowest BCUT2D eigenvalue weighted by Gasteiger charge is -2.46. The molecule has 1 aromatic rings. The normalized spacial score (nSPS) is 17.0. The zero-order valence-electron chi connectivity index (χ0n) is 24.3. The summed E-state index contributed by atoms with van der Waals surface area (Å²) in [6.07, 6.45) is 21.5. The third-order valence-electron chi connectivity index (χ3n) is 7.36. The van der Waals surface area contributed by atoms with Crippen molar-refractivity contribution in [3.05, 3.63) is 16.4 Å². The average molecular weight is 519 g/mol. The number of hydrogen-bond acceptors (Lipinski definition) is 7. The summed E-state index contributed by atoms with van der Waals surface area (Å²) in [5.74, 6) is 0.617. The van der Waals surface area contributed by atoms with E-state index in [1.165, 1.54) is 83.4 Å². The van der Waals surface area contributed by atoms with Gasteiger partial charge in [0.1, 0.15) is 6.33 Å². The zero-order chi connectivity index (χ0) is 27.2. The van der Waals surface area contributed by atoms with Crippen molar-refractivity contribution >= 4 is 17.3 Å². The molecule has 0 unspecified atom stereocenters. The topological polar surface area (TPSA) is 105 Å². The maximum absolute atomic E-state index is 11.9. The molecule has 0 amide bonds. The van der Waals surface area contributed by atoms with E-state index in [4.69, 9.17) is 0 Å². The van der Waals surface area contributed by atoms with Gasteiger partial charge >= 0.3 is 5.69 Å². The molecule has 2 heterocycles. The van der Waals surface area contributed by atoms with Crippen molar-refractivity contribution in [1.82, 2.24) is 15.3 Å². The highest BCUT2D eigenvalue weighted by Crippen LogP contribution is 2.34. The number of nitro groups is 1. The fraction of sp³-hybridized carbons (Fsp3) is 0.862. The summed E-state index contributed by atoms with van der Waals surface area (Å²) in [5, 5.41) is 22.1. The molecular weight excluding hydrogens is 464 g/mol. The van der Waals surface area contributed by atoms with Crippen molar-refractivity contribution in [3.8, 4) is 0 Å². The predicted octanol–water partition coefficient (Wildman–Crippen LogP) is 8.00. The van der Waals surface area contributed by atoms with Crippen LogP contribution in [-0.2, 0) is 0 Å². The first-order valence-electron chi connectivity index (χ1n) is 14.9. The molecule has 212 valence electrons. The Kier molecular flexibility index (Phi) is 13.6. The Morgan fingerprint density at radius 2 is 1.30 bits per heavy atom. The standard InChI is InChI=1S/C29H54N6O2/c1-6-7-8-9-10-11-12-13-14-15-16-17-18-19-20-30-26-25(35(36)37)27(32-23-31-26)33-24-21-28(2,3)34-29(4,5)22-24/h23-24,34H,6-22H2,1-5H3,(H2,30,31,32,33). The lowest BCUT2D eigenvalue weighted by Crippen LogP contribution is -2.60. The Hall–Kier alpha value is -1.96. The first-order valence-corrected chi connectivity index (χ1v) is 14.9. The summed E-state index contributed by atoms with van der Waals surface area (Å²) >= 11 is 0. The Morgan fingerprint density at radius 3 is 1.78 bits per heavy atom. The van der Waals surface area contributed by atoms with Crippen LogP contribution in [-0.4, -0.2) is 38.6 Å². The number of anilines is 2. The van der Waals surface area contributed by atoms with Crippen LogP contribution in [0.1, 0.15) is 137 Å². The van der Waals surface area contributed by atoms with Gasteiger partial charge in [0.05, 0.1) is 4.92 Å². The molecule has 1 aliphatic heterocycles. The number of nitrogens with one attached hydrogen (secondary N) is 3. The Bertz CT molecular complexity index is 783. The van der Waals surface area contributed by atoms with Gasteiger partial charge in [0.25, 0.3) is 0 Å². The second-order valence-electron chi connectivity index (χ2n) is 12.3. The van der Waals surface area contributed by atoms with Gasteiger partial charge in [0.15, 0.2) is 0 Å². The van der Waals surface area contributed by atoms with Crippen LogP contribution in [0.15, 0.2) is 6.33 Å². The fourth-order valence-electron chi connectivity index (χ4n) is 5.93. The molecule has 1 aliphatic rings. The van der Waals surface area contributed by atoms with Gasteiger partial charge in [-0.2, -0.15) is 0 Å². The highest BCUT2D eigenvalue weighted by atomic mass is 16.6. The molecule has 1 aromatic heterocycles. The molecule has 1 fully saturated rings. The molecule has 3 N–H and O–H groups in total. The number of unbranched alkanes of at least 4 members (excludes halogenated alkanes) is 13. The number of aromatic nitrogens is 2. The Balaban J connectivity index is 1.67. The van der Waals surface area contributed by atoms with Crippen molar-refractivity contribution < 1.29 is 4.92 Å². The second kappa shape index (κ2) is 16.1. The average Bonchev–Trinajstić information content (AvgIpc) is 2.79. The number of hydrogen-bond donors (Lipinski definition) is 3. The predicted molar refractivity (Wildman–Crippen MR) is 155 cm³/mol. The lowest BCUT2D eigenvalue weighted by atomic mass is 9.79. The molecule has 0 aliphatic carbocycles. The summed E-state index contributed by atoms with van der Waals surface area (Å²) in [4.78, 5) is 20.0. The van der Waals surface area contributed by atoms with Gasteiger partial charge in [0, 0.05) is 23.7 Å². The molecule has 2 rings (SSSR count). The van der Waals surface area contributed by atoms with Crippen LogP contribution >= 0.6 is 0 Å². The van der Waals surface area contributed by atoms with Crippen LogP contribution in [0.4, 0.5) is 17.3 Å². The molecule has 0 atom stereocenters. The minimum Gasteiger partial charge on any atom is -0.364 e. The number of rotatable bonds is 19. The quantitative estimate of drug-likeness (QED) is 0.0967. The van der Waals surface area contributed by atoms with E-state index in [0.29, 0.717) is 18.2 Å². The number of nitrogens with zero attached hydrogens (tertiary/aromatic N) is 3. The van der Waals surface area contributed by atoms with Crippen molar-refractivity contribution in [3.63, 3.8) is 0 Å². The highest BCUT2D eigenvalue weighted by Gasteiger charge is 2.38. The fourth-order valence-corrected chi connectivity index (χ4v) is 5.93. The maximum atomic E-state index is 11.9. The summed E-state index contributed by atoms with van der Waals surface area (Å²) in [6.45, 7) is 11.6. The van der Waals surface area contributed by atoms with Crippen LogP contribution in [0.3, 0.4) is 0 Å². The smallest absolute Gasteiger partial charge is 0.353 e. The largest absolute Gasteiger partial charge is 0.364 e. The summed E-state index contributed by atoms with van der Waals surface area (Å²) in [5.41, 5.74) is -0.172. The lowest BCUT2D eigenvalue weighted by molar-refractivity contribution is -0.383. The van der Waals surface area contributed by atoms with Crippen LogP contribution in [0.5, 0.6) is 0 Å². The van der Waals surface area contributed by atoms with E-state index in [-0.39, 0.29) is 27.7 Å². The van der Waals surface area contributed by atoms with Crippen molar-refractivity contribution in [2.75, 3.05) is 17.2 Å². The summed E-state index contributed by atoms with van der Waals surface area (Å²) in [6, 6.07) is 0.0958. The SMILES string of the molecule is CCCCCCCCCCCCCCCCNc1ncnc(NC2CC(C)(C)NC(C)(C)C2)c1[N+](=O)[O-]. The van der Waals surface area contributed by atoms with Crippen molar-refractivity contribution in [1.29, 1.82) is 0 Å². The van der Waals surface area contributed by atoms with Crippen molar-refractivity contribution in [2.45, 2.75) is 154 Å². The molecule has 8 nitrogen and oxygen atoms in total. The van der Waals surface area contributed by atoms with E-state index in [1.807, 2.05) is 0 Å². The monoisotopic (exact) mass is 518 g/mol. The zero-order valence-corrected chi connectivity index (χ0v) is 24.3. The van der Waals surface area contributed by atoms with E-state index in [1.54, 1.807) is 0 Å². The van der Waals surface area contributed by atoms with Gasteiger partial charge in [-0.3, -0.25) is 10.1 Å². The molecule has 0 bridgehead atoms. The molecule has 0 saturated carbocycles. The molecule has 0 spiro atoms. The minimum absolute atomic E-state index is 0.0537. The van der Waals surface area contributed by atoms with Gasteiger partial charge in [-0.15, -0.1) is 0 Å². The van der Waals surface area contributed by atoms with Gasteiger partial charge < -0.3 is 16.0 Å². The number of piperidine rings is 1. The van der Waals surface area contributed by atoms with Gasteiger partial charge in [-0.1, -0.05) is 90.4 Å². The Labute approximate surface area is 225 Å². The molecule has 37 heavy (non-hydrogen) atoms. The van der Waals surface area contributed by atoms with E-state index in [9.17, 15) is 10.1 Å². The van der Waals surface area contributed by atoms with E-state index in [2.05, 4.69) is 60.5 Å². The second-order valence-corrected chi connectivity index (χ2v) is 12.3. The maximum Gasteiger partial charge on any atom is 0.353 e. The molecule has 8 heteroatoms. The minimum atomic E-state index is -0.368. The van der Waals surface area contributed by atoms with Crippen molar-refractivity contribution in [2.24, 2.45) is 0 Å².